The Balaban J connectivity index is 1.85. The number of nitrogens with zero attached hydrogens (tertiary/aromatic N) is 3. The van der Waals surface area contributed by atoms with Gasteiger partial charge in [0.15, 0.2) is 11.5 Å². The summed E-state index contributed by atoms with van der Waals surface area (Å²) in [6, 6.07) is 19.9. The molecule has 2 aromatic heterocycles. The minimum atomic E-state index is -0.177. The molecule has 0 aliphatic heterocycles. The van der Waals surface area contributed by atoms with Gasteiger partial charge < -0.3 is 9.84 Å². The van der Waals surface area contributed by atoms with Crippen LogP contribution in [0.2, 0.25) is 5.02 Å². The average molecular weight is 434 g/mol. The van der Waals surface area contributed by atoms with E-state index in [0.29, 0.717) is 38.8 Å². The van der Waals surface area contributed by atoms with Crippen LogP contribution in [0.4, 0.5) is 0 Å². The SMILES string of the molecule is COc1cccc(-c2[nH]nc3n(Cc4ccccc4Cl)c(=O)c4ccccc4[n+]23)c1O. The molecule has 0 atom stereocenters. The maximum absolute atomic E-state index is 13.4. The minimum absolute atomic E-state index is 0.0176. The van der Waals surface area contributed by atoms with Crippen molar-refractivity contribution in [2.24, 2.45) is 0 Å². The lowest BCUT2D eigenvalue weighted by Crippen LogP contribution is -2.35. The van der Waals surface area contributed by atoms with Crippen LogP contribution in [0.15, 0.2) is 71.5 Å². The molecular formula is C23H18ClN4O3+. The maximum Gasteiger partial charge on any atom is 0.392 e. The van der Waals surface area contributed by atoms with E-state index in [9.17, 15) is 9.90 Å². The van der Waals surface area contributed by atoms with Crippen molar-refractivity contribution in [3.8, 4) is 22.9 Å². The van der Waals surface area contributed by atoms with Crippen molar-refractivity contribution >= 4 is 28.3 Å². The van der Waals surface area contributed by atoms with Gasteiger partial charge in [-0.05, 0) is 30.3 Å². The normalized spacial score (nSPS) is 11.3. The molecule has 2 heterocycles. The largest absolute Gasteiger partial charge is 0.504 e. The topological polar surface area (TPSA) is 84.2 Å². The number of phenolic OH excluding ortho intramolecular Hbond substituents is 1. The molecule has 0 saturated carbocycles. The lowest BCUT2D eigenvalue weighted by molar-refractivity contribution is -0.473. The van der Waals surface area contributed by atoms with Crippen molar-refractivity contribution in [2.45, 2.75) is 6.54 Å². The zero-order valence-corrected chi connectivity index (χ0v) is 17.3. The van der Waals surface area contributed by atoms with E-state index in [-0.39, 0.29) is 17.9 Å². The average Bonchev–Trinajstić information content (AvgIpc) is 3.23. The standard InChI is InChI=1S/C23H17ClN4O3/c1-31-19-12-6-9-16(20(19)29)21-25-26-23-27(13-14-7-2-4-10-17(14)24)22(30)15-8-3-5-11-18(15)28(21)23/h2-12H,13H2,1H3,(H,25,29)/p+1. The Bertz CT molecular complexity index is 1510. The molecule has 0 aliphatic rings. The lowest BCUT2D eigenvalue weighted by Gasteiger charge is -2.09. The molecule has 0 unspecified atom stereocenters. The fourth-order valence-corrected chi connectivity index (χ4v) is 3.99. The molecule has 5 rings (SSSR count). The monoisotopic (exact) mass is 433 g/mol. The molecule has 0 amide bonds. The summed E-state index contributed by atoms with van der Waals surface area (Å²) in [6.45, 7) is 0.251. The van der Waals surface area contributed by atoms with Gasteiger partial charge in [-0.15, -0.1) is 0 Å². The molecule has 154 valence electrons. The van der Waals surface area contributed by atoms with E-state index in [0.717, 1.165) is 5.56 Å². The predicted molar refractivity (Wildman–Crippen MR) is 118 cm³/mol. The van der Waals surface area contributed by atoms with E-state index in [1.54, 1.807) is 34.9 Å². The molecule has 8 heteroatoms. The first-order valence-electron chi connectivity index (χ1n) is 9.61. The molecule has 0 bridgehead atoms. The summed E-state index contributed by atoms with van der Waals surface area (Å²) in [7, 11) is 1.49. The van der Waals surface area contributed by atoms with Crippen molar-refractivity contribution in [3.05, 3.63) is 87.7 Å². The molecule has 5 aromatic rings. The molecular weight excluding hydrogens is 416 g/mol. The highest BCUT2D eigenvalue weighted by molar-refractivity contribution is 6.31. The van der Waals surface area contributed by atoms with Crippen LogP contribution in [0, 0.1) is 0 Å². The molecule has 0 spiro atoms. The zero-order chi connectivity index (χ0) is 21.5. The Labute approximate surface area is 181 Å². The number of H-pyrrole nitrogens is 1. The molecule has 0 fully saturated rings. The van der Waals surface area contributed by atoms with Gasteiger partial charge >= 0.3 is 11.3 Å². The van der Waals surface area contributed by atoms with Gasteiger partial charge in [-0.25, -0.2) is 4.57 Å². The highest BCUT2D eigenvalue weighted by Gasteiger charge is 2.26. The number of rotatable bonds is 4. The van der Waals surface area contributed by atoms with Crippen molar-refractivity contribution < 1.29 is 14.2 Å². The summed E-state index contributed by atoms with van der Waals surface area (Å²) >= 11 is 6.35. The minimum Gasteiger partial charge on any atom is -0.504 e. The number of benzene rings is 3. The second-order valence-corrected chi connectivity index (χ2v) is 7.47. The fourth-order valence-electron chi connectivity index (χ4n) is 3.80. The number of halogens is 1. The molecule has 2 N–H and O–H groups in total. The van der Waals surface area contributed by atoms with Gasteiger partial charge in [-0.1, -0.05) is 48.0 Å². The third kappa shape index (κ3) is 3.02. The van der Waals surface area contributed by atoms with Crippen molar-refractivity contribution in [1.82, 2.24) is 14.8 Å². The van der Waals surface area contributed by atoms with E-state index >= 15 is 0 Å². The quantitative estimate of drug-likeness (QED) is 0.424. The van der Waals surface area contributed by atoms with Gasteiger partial charge in [0, 0.05) is 15.7 Å². The van der Waals surface area contributed by atoms with Crippen LogP contribution >= 0.6 is 11.6 Å². The first-order valence-corrected chi connectivity index (χ1v) is 9.99. The number of ether oxygens (including phenoxy) is 1. The number of fused-ring (bicyclic) bond motifs is 3. The van der Waals surface area contributed by atoms with Crippen molar-refractivity contribution in [3.63, 3.8) is 0 Å². The second-order valence-electron chi connectivity index (χ2n) is 7.06. The third-order valence-corrected chi connectivity index (χ3v) is 5.68. The fraction of sp³-hybridized carbons (Fsp3) is 0.0870. The van der Waals surface area contributed by atoms with E-state index in [1.165, 1.54) is 7.11 Å². The summed E-state index contributed by atoms with van der Waals surface area (Å²) in [5, 5.41) is 19.2. The summed E-state index contributed by atoms with van der Waals surface area (Å²) in [5.41, 5.74) is 1.80. The van der Waals surface area contributed by atoms with Crippen LogP contribution in [-0.2, 0) is 6.54 Å². The smallest absolute Gasteiger partial charge is 0.392 e. The summed E-state index contributed by atoms with van der Waals surface area (Å²) < 4.78 is 8.65. The van der Waals surface area contributed by atoms with E-state index in [2.05, 4.69) is 10.2 Å². The van der Waals surface area contributed by atoms with Gasteiger partial charge in [0.05, 0.1) is 24.6 Å². The molecule has 3 aromatic carbocycles. The highest BCUT2D eigenvalue weighted by Crippen LogP contribution is 2.34. The Morgan fingerprint density at radius 2 is 1.87 bits per heavy atom. The Morgan fingerprint density at radius 3 is 2.68 bits per heavy atom. The number of hydrogen-bond donors (Lipinski definition) is 2. The first kappa shape index (κ1) is 19.1. The number of hydrogen-bond acceptors (Lipinski definition) is 4. The van der Waals surface area contributed by atoms with Crippen molar-refractivity contribution in [1.29, 1.82) is 0 Å². The number of aromatic nitrogens is 4. The first-order chi connectivity index (χ1) is 15.1. The van der Waals surface area contributed by atoms with Crippen LogP contribution in [0.1, 0.15) is 5.56 Å². The molecule has 31 heavy (non-hydrogen) atoms. The molecule has 0 radical (unpaired) electrons. The molecule has 7 nitrogen and oxygen atoms in total. The number of phenols is 1. The van der Waals surface area contributed by atoms with Gasteiger partial charge in [0.25, 0.3) is 0 Å². The number of aromatic amines is 1. The Hall–Kier alpha value is -3.84. The van der Waals surface area contributed by atoms with Crippen LogP contribution in [0.3, 0.4) is 0 Å². The highest BCUT2D eigenvalue weighted by atomic mass is 35.5. The van der Waals surface area contributed by atoms with Crippen LogP contribution in [0.5, 0.6) is 11.5 Å². The Morgan fingerprint density at radius 1 is 1.10 bits per heavy atom. The van der Waals surface area contributed by atoms with Crippen LogP contribution < -0.4 is 14.7 Å². The van der Waals surface area contributed by atoms with Crippen LogP contribution in [-0.4, -0.2) is 27.0 Å². The maximum atomic E-state index is 13.4. The lowest BCUT2D eigenvalue weighted by atomic mass is 10.1. The number of aromatic hydroxyl groups is 1. The van der Waals surface area contributed by atoms with E-state index in [1.807, 2.05) is 40.8 Å². The van der Waals surface area contributed by atoms with Gasteiger partial charge in [0.2, 0.25) is 5.82 Å². The zero-order valence-electron chi connectivity index (χ0n) is 16.5. The van der Waals surface area contributed by atoms with E-state index in [4.69, 9.17) is 16.3 Å². The second kappa shape index (κ2) is 7.45. The molecule has 0 saturated heterocycles. The van der Waals surface area contributed by atoms with Crippen molar-refractivity contribution in [2.75, 3.05) is 7.11 Å². The summed E-state index contributed by atoms with van der Waals surface area (Å²) in [5.74, 6) is 1.25. The number of nitrogens with one attached hydrogen (secondary N) is 1. The number of methoxy groups -OCH3 is 1. The van der Waals surface area contributed by atoms with E-state index < -0.39 is 0 Å². The summed E-state index contributed by atoms with van der Waals surface area (Å²) in [4.78, 5) is 13.4. The van der Waals surface area contributed by atoms with Gasteiger partial charge in [-0.3, -0.25) is 4.79 Å². The Kier molecular flexibility index (Phi) is 4.60. The predicted octanol–water partition coefficient (Wildman–Crippen LogP) is 3.55. The van der Waals surface area contributed by atoms with Crippen LogP contribution in [0.25, 0.3) is 28.1 Å². The van der Waals surface area contributed by atoms with Gasteiger partial charge in [-0.2, -0.15) is 9.50 Å². The number of para-hydroxylation sites is 2. The molecule has 0 aliphatic carbocycles. The summed E-state index contributed by atoms with van der Waals surface area (Å²) in [6.07, 6.45) is 0. The van der Waals surface area contributed by atoms with Gasteiger partial charge in [0.1, 0.15) is 5.52 Å². The third-order valence-electron chi connectivity index (χ3n) is 5.31.